The second-order valence-electron chi connectivity index (χ2n) is 4.98. The first kappa shape index (κ1) is 12.8. The van der Waals surface area contributed by atoms with Crippen LogP contribution in [0.3, 0.4) is 0 Å². The summed E-state index contributed by atoms with van der Waals surface area (Å²) < 4.78 is 5.11. The van der Waals surface area contributed by atoms with Gasteiger partial charge in [0.2, 0.25) is 5.91 Å². The lowest BCUT2D eigenvalue weighted by Crippen LogP contribution is -2.32. The Morgan fingerprint density at radius 3 is 3.10 bits per heavy atom. The van der Waals surface area contributed by atoms with Crippen molar-refractivity contribution in [3.05, 3.63) is 41.8 Å². The van der Waals surface area contributed by atoms with Crippen LogP contribution in [0.5, 0.6) is 0 Å². The van der Waals surface area contributed by atoms with E-state index < -0.39 is 0 Å². The Balaban J connectivity index is 1.73. The Bertz CT molecular complexity index is 596. The summed E-state index contributed by atoms with van der Waals surface area (Å²) in [6.07, 6.45) is 7.03. The molecule has 104 valence electrons. The van der Waals surface area contributed by atoms with Crippen LogP contribution < -0.4 is 0 Å². The monoisotopic (exact) mass is 272 g/mol. The minimum Gasteiger partial charge on any atom is -0.361 e. The topological polar surface area (TPSA) is 72.1 Å². The summed E-state index contributed by atoms with van der Waals surface area (Å²) >= 11 is 0. The van der Waals surface area contributed by atoms with Gasteiger partial charge in [-0.1, -0.05) is 5.16 Å². The second kappa shape index (κ2) is 5.40. The van der Waals surface area contributed by atoms with Crippen molar-refractivity contribution in [3.63, 3.8) is 0 Å². The van der Waals surface area contributed by atoms with Gasteiger partial charge in [-0.15, -0.1) is 0 Å². The van der Waals surface area contributed by atoms with Crippen LogP contribution in [0.1, 0.15) is 36.0 Å². The molecule has 0 aromatic carbocycles. The molecule has 1 aliphatic rings. The molecule has 6 nitrogen and oxygen atoms in total. The Morgan fingerprint density at radius 2 is 2.40 bits per heavy atom. The first-order valence-corrected chi connectivity index (χ1v) is 6.71. The maximum absolute atomic E-state index is 12.4. The quantitative estimate of drug-likeness (QED) is 0.850. The Hall–Kier alpha value is -2.24. The van der Waals surface area contributed by atoms with Crippen molar-refractivity contribution in [3.8, 4) is 0 Å². The molecule has 0 bridgehead atoms. The van der Waals surface area contributed by atoms with Gasteiger partial charge in [-0.05, 0) is 19.8 Å². The van der Waals surface area contributed by atoms with Gasteiger partial charge in [0.25, 0.3) is 0 Å². The lowest BCUT2D eigenvalue weighted by molar-refractivity contribution is -0.131. The van der Waals surface area contributed by atoms with Crippen LogP contribution in [0.4, 0.5) is 0 Å². The molecule has 2 aromatic heterocycles. The van der Waals surface area contributed by atoms with Crippen LogP contribution in [0.2, 0.25) is 0 Å². The predicted octanol–water partition coefficient (Wildman–Crippen LogP) is 1.68. The van der Waals surface area contributed by atoms with Crippen molar-refractivity contribution in [2.75, 3.05) is 6.54 Å². The van der Waals surface area contributed by atoms with E-state index in [1.165, 1.54) is 0 Å². The van der Waals surface area contributed by atoms with E-state index in [-0.39, 0.29) is 18.4 Å². The van der Waals surface area contributed by atoms with Gasteiger partial charge in [-0.2, -0.15) is 0 Å². The van der Waals surface area contributed by atoms with Gasteiger partial charge >= 0.3 is 0 Å². The highest BCUT2D eigenvalue weighted by Gasteiger charge is 2.32. The van der Waals surface area contributed by atoms with Crippen LogP contribution >= 0.6 is 0 Å². The third kappa shape index (κ3) is 2.54. The summed E-state index contributed by atoms with van der Waals surface area (Å²) in [5.41, 5.74) is 1.53. The van der Waals surface area contributed by atoms with Crippen LogP contribution in [0.15, 0.2) is 29.2 Å². The standard InChI is InChI=1S/C14H16N4O2/c1-10-7-12(17-20-10)13-3-2-6-18(13)14(19)8-11-9-15-4-5-16-11/h4-5,7,9,13H,2-3,6,8H2,1H3. The Labute approximate surface area is 116 Å². The molecular formula is C14H16N4O2. The number of nitrogens with zero attached hydrogens (tertiary/aromatic N) is 4. The minimum atomic E-state index is 0.0246. The number of likely N-dealkylation sites (tertiary alicyclic amines) is 1. The normalized spacial score (nSPS) is 18.4. The molecule has 6 heteroatoms. The average molecular weight is 272 g/mol. The highest BCUT2D eigenvalue weighted by Crippen LogP contribution is 2.31. The number of aryl methyl sites for hydroxylation is 1. The first-order chi connectivity index (χ1) is 9.74. The lowest BCUT2D eigenvalue weighted by Gasteiger charge is -2.22. The van der Waals surface area contributed by atoms with E-state index in [1.54, 1.807) is 18.6 Å². The van der Waals surface area contributed by atoms with Crippen molar-refractivity contribution in [2.45, 2.75) is 32.2 Å². The summed E-state index contributed by atoms with van der Waals surface area (Å²) in [5.74, 6) is 0.835. The number of amides is 1. The summed E-state index contributed by atoms with van der Waals surface area (Å²) in [6.45, 7) is 2.62. The van der Waals surface area contributed by atoms with Crippen molar-refractivity contribution in [1.29, 1.82) is 0 Å². The maximum Gasteiger partial charge on any atom is 0.229 e. The van der Waals surface area contributed by atoms with Crippen molar-refractivity contribution >= 4 is 5.91 Å². The molecule has 0 N–H and O–H groups in total. The SMILES string of the molecule is Cc1cc(C2CCCN2C(=O)Cc2cnccn2)no1. The number of carbonyl (C=O) groups is 1. The van der Waals surface area contributed by atoms with E-state index in [2.05, 4.69) is 15.1 Å². The zero-order valence-electron chi connectivity index (χ0n) is 11.3. The molecule has 20 heavy (non-hydrogen) atoms. The second-order valence-corrected chi connectivity index (χ2v) is 4.98. The molecule has 0 spiro atoms. The molecule has 3 rings (SSSR count). The summed E-state index contributed by atoms with van der Waals surface area (Å²) in [6, 6.07) is 1.93. The fourth-order valence-electron chi connectivity index (χ4n) is 2.59. The number of hydrogen-bond donors (Lipinski definition) is 0. The molecule has 1 atom stereocenters. The van der Waals surface area contributed by atoms with Crippen LogP contribution in [0, 0.1) is 6.92 Å². The van der Waals surface area contributed by atoms with Crippen molar-refractivity contribution in [2.24, 2.45) is 0 Å². The van der Waals surface area contributed by atoms with Crippen molar-refractivity contribution < 1.29 is 9.32 Å². The van der Waals surface area contributed by atoms with Gasteiger partial charge in [0, 0.05) is 31.2 Å². The molecule has 3 heterocycles. The Morgan fingerprint density at radius 1 is 1.50 bits per heavy atom. The summed E-state index contributed by atoms with van der Waals surface area (Å²) in [4.78, 5) is 22.4. The molecule has 0 aliphatic carbocycles. The zero-order valence-corrected chi connectivity index (χ0v) is 11.3. The fourth-order valence-corrected chi connectivity index (χ4v) is 2.59. The number of hydrogen-bond acceptors (Lipinski definition) is 5. The molecule has 2 aromatic rings. The van der Waals surface area contributed by atoms with Gasteiger partial charge in [0.15, 0.2) is 0 Å². The third-order valence-electron chi connectivity index (χ3n) is 3.51. The van der Waals surface area contributed by atoms with Gasteiger partial charge in [-0.25, -0.2) is 0 Å². The largest absolute Gasteiger partial charge is 0.361 e. The molecule has 1 unspecified atom stereocenters. The summed E-state index contributed by atoms with van der Waals surface area (Å²) in [7, 11) is 0. The average Bonchev–Trinajstić information content (AvgIpc) is 3.08. The maximum atomic E-state index is 12.4. The van der Waals surface area contributed by atoms with Gasteiger partial charge in [0.05, 0.1) is 18.2 Å². The van der Waals surface area contributed by atoms with Gasteiger partial charge in [0.1, 0.15) is 11.5 Å². The van der Waals surface area contributed by atoms with Crippen molar-refractivity contribution in [1.82, 2.24) is 20.0 Å². The van der Waals surface area contributed by atoms with Crippen LogP contribution in [-0.4, -0.2) is 32.5 Å². The van der Waals surface area contributed by atoms with E-state index in [9.17, 15) is 4.79 Å². The highest BCUT2D eigenvalue weighted by atomic mass is 16.5. The number of aromatic nitrogens is 3. The first-order valence-electron chi connectivity index (χ1n) is 6.71. The fraction of sp³-hybridized carbons (Fsp3) is 0.429. The zero-order chi connectivity index (χ0) is 13.9. The Kier molecular flexibility index (Phi) is 3.45. The van der Waals surface area contributed by atoms with Crippen LogP contribution in [0.25, 0.3) is 0 Å². The van der Waals surface area contributed by atoms with E-state index in [0.29, 0.717) is 5.69 Å². The predicted molar refractivity (Wildman–Crippen MR) is 70.7 cm³/mol. The number of carbonyl (C=O) groups excluding carboxylic acids is 1. The van der Waals surface area contributed by atoms with E-state index in [1.807, 2.05) is 17.9 Å². The molecule has 0 radical (unpaired) electrons. The van der Waals surface area contributed by atoms with E-state index in [0.717, 1.165) is 30.8 Å². The minimum absolute atomic E-state index is 0.0246. The summed E-state index contributed by atoms with van der Waals surface area (Å²) in [5, 5.41) is 4.04. The van der Waals surface area contributed by atoms with E-state index >= 15 is 0 Å². The van der Waals surface area contributed by atoms with Gasteiger partial charge < -0.3 is 9.42 Å². The molecule has 1 fully saturated rings. The molecular weight excluding hydrogens is 256 g/mol. The van der Waals surface area contributed by atoms with Gasteiger partial charge in [-0.3, -0.25) is 14.8 Å². The highest BCUT2D eigenvalue weighted by molar-refractivity contribution is 5.79. The molecule has 1 saturated heterocycles. The molecule has 1 aliphatic heterocycles. The number of rotatable bonds is 3. The smallest absolute Gasteiger partial charge is 0.229 e. The van der Waals surface area contributed by atoms with E-state index in [4.69, 9.17) is 4.52 Å². The lowest BCUT2D eigenvalue weighted by atomic mass is 10.1. The molecule has 0 saturated carbocycles. The molecule has 1 amide bonds. The van der Waals surface area contributed by atoms with Crippen LogP contribution in [-0.2, 0) is 11.2 Å². The third-order valence-corrected chi connectivity index (χ3v) is 3.51.